The summed E-state index contributed by atoms with van der Waals surface area (Å²) in [5.74, 6) is 0.376. The Morgan fingerprint density at radius 2 is 2.00 bits per heavy atom. The van der Waals surface area contributed by atoms with E-state index in [1.165, 1.54) is 12.1 Å². The van der Waals surface area contributed by atoms with Crippen LogP contribution in [0.15, 0.2) is 29.2 Å². The van der Waals surface area contributed by atoms with Gasteiger partial charge in [-0.2, -0.15) is 0 Å². The molecule has 1 unspecified atom stereocenters. The van der Waals surface area contributed by atoms with Gasteiger partial charge in [0.25, 0.3) is 0 Å². The van der Waals surface area contributed by atoms with Gasteiger partial charge in [0.1, 0.15) is 0 Å². The zero-order chi connectivity index (χ0) is 13.0. The van der Waals surface area contributed by atoms with Gasteiger partial charge in [-0.1, -0.05) is 11.6 Å². The molecule has 19 heavy (non-hydrogen) atoms. The summed E-state index contributed by atoms with van der Waals surface area (Å²) in [5.41, 5.74) is 0. The number of nitrogens with one attached hydrogen (secondary N) is 2. The lowest BCUT2D eigenvalue weighted by molar-refractivity contribution is 0.376. The summed E-state index contributed by atoms with van der Waals surface area (Å²) >= 11 is 5.74. The molecule has 0 radical (unpaired) electrons. The zero-order valence-corrected chi connectivity index (χ0v) is 12.8. The predicted octanol–water partition coefficient (Wildman–Crippen LogP) is 2.04. The second kappa shape index (κ2) is 7.45. The van der Waals surface area contributed by atoms with Gasteiger partial charge in [0.15, 0.2) is 0 Å². The van der Waals surface area contributed by atoms with Gasteiger partial charge >= 0.3 is 0 Å². The molecule has 1 fully saturated rings. The molecule has 0 spiro atoms. The van der Waals surface area contributed by atoms with Crippen LogP contribution in [-0.4, -0.2) is 28.1 Å². The first-order valence-corrected chi connectivity index (χ1v) is 7.90. The Hall–Kier alpha value is -0.330. The molecule has 4 nitrogen and oxygen atoms in total. The molecule has 1 heterocycles. The Morgan fingerprint density at radius 1 is 1.32 bits per heavy atom. The Labute approximate surface area is 125 Å². The molecule has 1 saturated heterocycles. The standard InChI is InChI=1S/C12H17ClN2O2S.ClH/c13-11-3-5-12(6-4-11)18(16,17)15-9-10-2-1-7-14-8-10;/h3-6,10,14-15H,1-2,7-9H2;1H. The van der Waals surface area contributed by atoms with Gasteiger partial charge in [-0.05, 0) is 56.1 Å². The molecular formula is C12H18Cl2N2O2S. The fourth-order valence-corrected chi connectivity index (χ4v) is 3.27. The molecule has 1 atom stereocenters. The Bertz CT molecular complexity index is 485. The number of halogens is 2. The molecular weight excluding hydrogens is 307 g/mol. The molecule has 2 rings (SSSR count). The summed E-state index contributed by atoms with van der Waals surface area (Å²) < 4.78 is 26.7. The summed E-state index contributed by atoms with van der Waals surface area (Å²) in [6, 6.07) is 6.20. The van der Waals surface area contributed by atoms with Crippen molar-refractivity contribution in [3.05, 3.63) is 29.3 Å². The maximum absolute atomic E-state index is 12.0. The lowest BCUT2D eigenvalue weighted by atomic mass is 10.0. The lowest BCUT2D eigenvalue weighted by Crippen LogP contribution is -2.38. The van der Waals surface area contributed by atoms with Crippen LogP contribution in [0.1, 0.15) is 12.8 Å². The number of hydrogen-bond acceptors (Lipinski definition) is 3. The monoisotopic (exact) mass is 324 g/mol. The maximum Gasteiger partial charge on any atom is 0.240 e. The van der Waals surface area contributed by atoms with E-state index in [9.17, 15) is 8.42 Å². The van der Waals surface area contributed by atoms with E-state index >= 15 is 0 Å². The van der Waals surface area contributed by atoms with Crippen LogP contribution in [0.5, 0.6) is 0 Å². The van der Waals surface area contributed by atoms with Crippen LogP contribution < -0.4 is 10.0 Å². The quantitative estimate of drug-likeness (QED) is 0.891. The number of sulfonamides is 1. The lowest BCUT2D eigenvalue weighted by Gasteiger charge is -2.22. The second-order valence-corrected chi connectivity index (χ2v) is 6.72. The van der Waals surface area contributed by atoms with E-state index in [2.05, 4.69) is 10.0 Å². The molecule has 0 aromatic heterocycles. The van der Waals surface area contributed by atoms with Crippen LogP contribution in [-0.2, 0) is 10.0 Å². The van der Waals surface area contributed by atoms with Crippen LogP contribution >= 0.6 is 24.0 Å². The molecule has 2 N–H and O–H groups in total. The molecule has 1 aliphatic rings. The van der Waals surface area contributed by atoms with Crippen molar-refractivity contribution in [1.82, 2.24) is 10.0 Å². The summed E-state index contributed by atoms with van der Waals surface area (Å²) in [6.07, 6.45) is 2.17. The van der Waals surface area contributed by atoms with Crippen molar-refractivity contribution >= 4 is 34.0 Å². The van der Waals surface area contributed by atoms with Crippen molar-refractivity contribution in [2.45, 2.75) is 17.7 Å². The smallest absolute Gasteiger partial charge is 0.240 e. The molecule has 0 saturated carbocycles. The van der Waals surface area contributed by atoms with Gasteiger partial charge in [0.05, 0.1) is 4.90 Å². The van der Waals surface area contributed by atoms with E-state index < -0.39 is 10.0 Å². The minimum atomic E-state index is -3.41. The SMILES string of the molecule is Cl.O=S(=O)(NCC1CCCNC1)c1ccc(Cl)cc1. The molecule has 0 aliphatic carbocycles. The van der Waals surface area contributed by atoms with E-state index in [4.69, 9.17) is 11.6 Å². The van der Waals surface area contributed by atoms with Crippen molar-refractivity contribution in [3.63, 3.8) is 0 Å². The minimum absolute atomic E-state index is 0. The van der Waals surface area contributed by atoms with Crippen LogP contribution in [0.25, 0.3) is 0 Å². The normalized spacial score (nSPS) is 19.7. The molecule has 0 bridgehead atoms. The third-order valence-electron chi connectivity index (χ3n) is 3.08. The molecule has 0 amide bonds. The van der Waals surface area contributed by atoms with Crippen molar-refractivity contribution in [2.24, 2.45) is 5.92 Å². The van der Waals surface area contributed by atoms with Crippen molar-refractivity contribution in [3.8, 4) is 0 Å². The van der Waals surface area contributed by atoms with Gasteiger partial charge in [-0.15, -0.1) is 12.4 Å². The predicted molar refractivity (Wildman–Crippen MR) is 79.5 cm³/mol. The average Bonchev–Trinajstić information content (AvgIpc) is 2.38. The Balaban J connectivity index is 0.00000180. The minimum Gasteiger partial charge on any atom is -0.316 e. The van der Waals surface area contributed by atoms with Gasteiger partial charge in [-0.25, -0.2) is 13.1 Å². The largest absolute Gasteiger partial charge is 0.316 e. The van der Waals surface area contributed by atoms with Gasteiger partial charge in [0.2, 0.25) is 10.0 Å². The second-order valence-electron chi connectivity index (χ2n) is 4.52. The molecule has 1 aromatic carbocycles. The molecule has 108 valence electrons. The van der Waals surface area contributed by atoms with Gasteiger partial charge in [0, 0.05) is 11.6 Å². The summed E-state index contributed by atoms with van der Waals surface area (Å²) in [7, 11) is -3.41. The Morgan fingerprint density at radius 3 is 2.58 bits per heavy atom. The first kappa shape index (κ1) is 16.7. The molecule has 7 heteroatoms. The number of piperidine rings is 1. The van der Waals surface area contributed by atoms with Crippen LogP contribution in [0.3, 0.4) is 0 Å². The van der Waals surface area contributed by atoms with Crippen molar-refractivity contribution in [2.75, 3.05) is 19.6 Å². The van der Waals surface area contributed by atoms with E-state index in [1.807, 2.05) is 0 Å². The first-order valence-electron chi connectivity index (χ1n) is 6.04. The zero-order valence-electron chi connectivity index (χ0n) is 10.4. The highest BCUT2D eigenvalue weighted by Crippen LogP contribution is 2.15. The number of benzene rings is 1. The fraction of sp³-hybridized carbons (Fsp3) is 0.500. The highest BCUT2D eigenvalue weighted by molar-refractivity contribution is 7.89. The number of rotatable bonds is 4. The van der Waals surface area contributed by atoms with Crippen molar-refractivity contribution in [1.29, 1.82) is 0 Å². The van der Waals surface area contributed by atoms with Crippen molar-refractivity contribution < 1.29 is 8.42 Å². The molecule has 1 aliphatic heterocycles. The highest BCUT2D eigenvalue weighted by Gasteiger charge is 2.18. The van der Waals surface area contributed by atoms with Crippen LogP contribution in [0.4, 0.5) is 0 Å². The van der Waals surface area contributed by atoms with Crippen LogP contribution in [0, 0.1) is 5.92 Å². The molecule has 1 aromatic rings. The van der Waals surface area contributed by atoms with E-state index in [1.54, 1.807) is 12.1 Å². The highest BCUT2D eigenvalue weighted by atomic mass is 35.5. The average molecular weight is 325 g/mol. The fourth-order valence-electron chi connectivity index (χ4n) is 2.02. The third kappa shape index (κ3) is 4.93. The maximum atomic E-state index is 12.0. The van der Waals surface area contributed by atoms with Gasteiger partial charge < -0.3 is 5.32 Å². The van der Waals surface area contributed by atoms with Crippen LogP contribution in [0.2, 0.25) is 5.02 Å². The third-order valence-corrected chi connectivity index (χ3v) is 4.78. The Kier molecular flexibility index (Phi) is 6.56. The first-order chi connectivity index (χ1) is 8.58. The summed E-state index contributed by atoms with van der Waals surface area (Å²) in [6.45, 7) is 2.39. The van der Waals surface area contributed by atoms with Gasteiger partial charge in [-0.3, -0.25) is 0 Å². The number of hydrogen-bond donors (Lipinski definition) is 2. The van der Waals surface area contributed by atoms with E-state index in [0.717, 1.165) is 25.9 Å². The summed E-state index contributed by atoms with van der Waals surface area (Å²) in [4.78, 5) is 0.260. The van der Waals surface area contributed by atoms with E-state index in [0.29, 0.717) is 17.5 Å². The van der Waals surface area contributed by atoms with E-state index in [-0.39, 0.29) is 17.3 Å². The summed E-state index contributed by atoms with van der Waals surface area (Å²) in [5, 5.41) is 3.80. The topological polar surface area (TPSA) is 58.2 Å².